The quantitative estimate of drug-likeness (QED) is 0.809. The first-order valence-electron chi connectivity index (χ1n) is 7.28. The van der Waals surface area contributed by atoms with E-state index in [0.29, 0.717) is 0 Å². The lowest BCUT2D eigenvalue weighted by Gasteiger charge is -2.25. The molecule has 2 aliphatic heterocycles. The summed E-state index contributed by atoms with van der Waals surface area (Å²) in [6.07, 6.45) is 7.13. The van der Waals surface area contributed by atoms with E-state index < -0.39 is 0 Å². The smallest absolute Gasteiger partial charge is 0.0416 e. The van der Waals surface area contributed by atoms with Crippen molar-refractivity contribution in [2.45, 2.75) is 31.7 Å². The van der Waals surface area contributed by atoms with Crippen molar-refractivity contribution in [3.63, 3.8) is 0 Å². The van der Waals surface area contributed by atoms with Crippen molar-refractivity contribution < 1.29 is 0 Å². The fourth-order valence-electron chi connectivity index (χ4n) is 3.30. The van der Waals surface area contributed by atoms with Gasteiger partial charge in [0.2, 0.25) is 0 Å². The highest BCUT2D eigenvalue weighted by Crippen LogP contribution is 2.21. The van der Waals surface area contributed by atoms with Crippen LogP contribution in [0.15, 0.2) is 24.4 Å². The molecule has 1 aromatic heterocycles. The minimum atomic E-state index is 0.830. The Hall–Kier alpha value is -0.930. The Balaban J connectivity index is 1.53. The topological polar surface area (TPSA) is 19.4 Å². The summed E-state index contributed by atoms with van der Waals surface area (Å²) >= 11 is 0. The van der Waals surface area contributed by atoms with Crippen LogP contribution >= 0.6 is 0 Å². The van der Waals surface area contributed by atoms with E-state index in [4.69, 9.17) is 0 Å². The zero-order valence-electron chi connectivity index (χ0n) is 11.1. The molecule has 0 spiro atoms. The van der Waals surface area contributed by atoms with E-state index in [9.17, 15) is 0 Å². The van der Waals surface area contributed by atoms with Gasteiger partial charge in [0.05, 0.1) is 0 Å². The molecule has 0 saturated carbocycles. The molecule has 2 saturated heterocycles. The molecule has 18 heavy (non-hydrogen) atoms. The van der Waals surface area contributed by atoms with E-state index >= 15 is 0 Å². The molecular weight excluding hydrogens is 222 g/mol. The Morgan fingerprint density at radius 3 is 3.00 bits per heavy atom. The van der Waals surface area contributed by atoms with Crippen LogP contribution in [0, 0.1) is 0 Å². The number of fused-ring (bicyclic) bond motifs is 1. The summed E-state index contributed by atoms with van der Waals surface area (Å²) in [5.74, 6) is 0. The number of pyridine rings is 1. The van der Waals surface area contributed by atoms with Gasteiger partial charge >= 0.3 is 0 Å². The van der Waals surface area contributed by atoms with E-state index in [2.05, 4.69) is 26.9 Å². The molecule has 98 valence electrons. The lowest BCUT2D eigenvalue weighted by Crippen LogP contribution is -2.37. The standard InChI is InChI=1S/C15H23N3/c1-2-8-16-14(5-1)7-12-17-9-4-11-18-10-3-6-15(18)13-17/h1-2,5,8,15H,3-4,6-7,9-13H2. The number of hydrogen-bond acceptors (Lipinski definition) is 3. The van der Waals surface area contributed by atoms with Gasteiger partial charge < -0.3 is 4.90 Å². The van der Waals surface area contributed by atoms with Crippen molar-refractivity contribution in [3.8, 4) is 0 Å². The Morgan fingerprint density at radius 1 is 1.17 bits per heavy atom. The van der Waals surface area contributed by atoms with E-state index in [1.165, 1.54) is 57.7 Å². The molecule has 1 unspecified atom stereocenters. The predicted octanol–water partition coefficient (Wildman–Crippen LogP) is 1.79. The van der Waals surface area contributed by atoms with Gasteiger partial charge in [-0.2, -0.15) is 0 Å². The fourth-order valence-corrected chi connectivity index (χ4v) is 3.30. The van der Waals surface area contributed by atoms with Crippen LogP contribution in [0.25, 0.3) is 0 Å². The van der Waals surface area contributed by atoms with Crippen molar-refractivity contribution in [1.82, 2.24) is 14.8 Å². The molecule has 0 aromatic carbocycles. The van der Waals surface area contributed by atoms with Crippen molar-refractivity contribution in [2.75, 3.05) is 32.7 Å². The summed E-state index contributed by atoms with van der Waals surface area (Å²) < 4.78 is 0. The van der Waals surface area contributed by atoms with Gasteiger partial charge in [-0.05, 0) is 51.0 Å². The van der Waals surface area contributed by atoms with Gasteiger partial charge in [0.25, 0.3) is 0 Å². The molecule has 1 atom stereocenters. The van der Waals surface area contributed by atoms with Crippen molar-refractivity contribution in [3.05, 3.63) is 30.1 Å². The van der Waals surface area contributed by atoms with Gasteiger partial charge in [0.1, 0.15) is 0 Å². The van der Waals surface area contributed by atoms with Gasteiger partial charge in [-0.1, -0.05) is 6.07 Å². The minimum absolute atomic E-state index is 0.830. The highest BCUT2D eigenvalue weighted by molar-refractivity contribution is 5.03. The van der Waals surface area contributed by atoms with E-state index in [1.807, 2.05) is 12.3 Å². The lowest BCUT2D eigenvalue weighted by atomic mass is 10.2. The van der Waals surface area contributed by atoms with Crippen LogP contribution in [0.2, 0.25) is 0 Å². The largest absolute Gasteiger partial charge is 0.301 e. The van der Waals surface area contributed by atoms with Gasteiger partial charge in [0, 0.05) is 37.4 Å². The molecule has 2 fully saturated rings. The van der Waals surface area contributed by atoms with Crippen LogP contribution in [-0.4, -0.2) is 53.5 Å². The van der Waals surface area contributed by atoms with E-state index in [-0.39, 0.29) is 0 Å². The molecule has 0 aliphatic carbocycles. The molecule has 2 aliphatic rings. The second-order valence-corrected chi connectivity index (χ2v) is 5.56. The van der Waals surface area contributed by atoms with Crippen LogP contribution in [0.1, 0.15) is 25.0 Å². The average molecular weight is 245 g/mol. The maximum absolute atomic E-state index is 4.42. The molecule has 0 bridgehead atoms. The first kappa shape index (κ1) is 12.1. The zero-order chi connectivity index (χ0) is 12.2. The molecule has 3 nitrogen and oxygen atoms in total. The predicted molar refractivity (Wildman–Crippen MR) is 73.6 cm³/mol. The molecular formula is C15H23N3. The Labute approximate surface area is 110 Å². The van der Waals surface area contributed by atoms with Crippen LogP contribution in [-0.2, 0) is 6.42 Å². The van der Waals surface area contributed by atoms with Gasteiger partial charge in [0.15, 0.2) is 0 Å². The summed E-state index contributed by atoms with van der Waals surface area (Å²) in [5, 5.41) is 0. The monoisotopic (exact) mass is 245 g/mol. The molecule has 3 heteroatoms. The summed E-state index contributed by atoms with van der Waals surface area (Å²) in [7, 11) is 0. The van der Waals surface area contributed by atoms with Crippen molar-refractivity contribution in [1.29, 1.82) is 0 Å². The highest BCUT2D eigenvalue weighted by atomic mass is 15.3. The summed E-state index contributed by atoms with van der Waals surface area (Å²) in [6, 6.07) is 7.05. The molecule has 0 N–H and O–H groups in total. The van der Waals surface area contributed by atoms with Crippen molar-refractivity contribution in [2.24, 2.45) is 0 Å². The van der Waals surface area contributed by atoms with Gasteiger partial charge in [-0.15, -0.1) is 0 Å². The average Bonchev–Trinajstić information content (AvgIpc) is 2.76. The molecule has 0 amide bonds. The number of hydrogen-bond donors (Lipinski definition) is 0. The molecule has 3 heterocycles. The minimum Gasteiger partial charge on any atom is -0.301 e. The van der Waals surface area contributed by atoms with Gasteiger partial charge in [-0.25, -0.2) is 0 Å². The number of aromatic nitrogens is 1. The van der Waals surface area contributed by atoms with E-state index in [1.54, 1.807) is 0 Å². The highest BCUT2D eigenvalue weighted by Gasteiger charge is 2.28. The Bertz CT molecular complexity index is 365. The number of rotatable bonds is 3. The summed E-state index contributed by atoms with van der Waals surface area (Å²) in [5.41, 5.74) is 1.23. The molecule has 3 rings (SSSR count). The maximum Gasteiger partial charge on any atom is 0.0416 e. The Kier molecular flexibility index (Phi) is 3.91. The second kappa shape index (κ2) is 5.81. The van der Waals surface area contributed by atoms with Crippen LogP contribution in [0.5, 0.6) is 0 Å². The maximum atomic E-state index is 4.42. The SMILES string of the molecule is c1ccc(CCN2CCCN3CCCC3C2)nc1. The second-order valence-electron chi connectivity index (χ2n) is 5.56. The first-order chi connectivity index (χ1) is 8.92. The zero-order valence-corrected chi connectivity index (χ0v) is 11.1. The van der Waals surface area contributed by atoms with Crippen molar-refractivity contribution >= 4 is 0 Å². The van der Waals surface area contributed by atoms with E-state index in [0.717, 1.165) is 12.5 Å². The third-order valence-electron chi connectivity index (χ3n) is 4.30. The third kappa shape index (κ3) is 2.90. The fraction of sp³-hybridized carbons (Fsp3) is 0.667. The van der Waals surface area contributed by atoms with Crippen LogP contribution in [0.3, 0.4) is 0 Å². The molecule has 1 aromatic rings. The normalized spacial score (nSPS) is 25.9. The summed E-state index contributed by atoms with van der Waals surface area (Å²) in [4.78, 5) is 9.75. The Morgan fingerprint density at radius 2 is 2.11 bits per heavy atom. The number of nitrogens with zero attached hydrogens (tertiary/aromatic N) is 3. The lowest BCUT2D eigenvalue weighted by molar-refractivity contribution is 0.221. The van der Waals surface area contributed by atoms with Crippen LogP contribution in [0.4, 0.5) is 0 Å². The van der Waals surface area contributed by atoms with Crippen LogP contribution < -0.4 is 0 Å². The summed E-state index contributed by atoms with van der Waals surface area (Å²) in [6.45, 7) is 6.34. The first-order valence-corrected chi connectivity index (χ1v) is 7.28. The van der Waals surface area contributed by atoms with Gasteiger partial charge in [-0.3, -0.25) is 9.88 Å². The third-order valence-corrected chi connectivity index (χ3v) is 4.30. The molecule has 0 radical (unpaired) electrons.